The molecule has 0 spiro atoms. The Morgan fingerprint density at radius 3 is 3.00 bits per heavy atom. The largest absolute Gasteiger partial charge is 0.370 e. The van der Waals surface area contributed by atoms with Gasteiger partial charge in [0.15, 0.2) is 6.29 Å². The van der Waals surface area contributed by atoms with E-state index in [9.17, 15) is 4.79 Å². The Balaban J connectivity index is 1.94. The van der Waals surface area contributed by atoms with Crippen LogP contribution in [0.2, 0.25) is 0 Å². The van der Waals surface area contributed by atoms with Crippen molar-refractivity contribution in [3.8, 4) is 0 Å². The normalized spacial score (nSPS) is 19.1. The van der Waals surface area contributed by atoms with E-state index in [2.05, 4.69) is 11.0 Å². The van der Waals surface area contributed by atoms with Gasteiger partial charge >= 0.3 is 0 Å². The molecule has 1 aromatic carbocycles. The van der Waals surface area contributed by atoms with Gasteiger partial charge in [0.05, 0.1) is 5.69 Å². The average Bonchev–Trinajstić information content (AvgIpc) is 2.98. The molecule has 1 saturated carbocycles. The van der Waals surface area contributed by atoms with Gasteiger partial charge in [0.2, 0.25) is 0 Å². The van der Waals surface area contributed by atoms with Crippen molar-refractivity contribution in [2.45, 2.75) is 19.3 Å². The first-order chi connectivity index (χ1) is 7.38. The van der Waals surface area contributed by atoms with Crippen LogP contribution in [0.4, 0.5) is 5.69 Å². The van der Waals surface area contributed by atoms with Crippen LogP contribution < -0.4 is 4.90 Å². The maximum absolute atomic E-state index is 11.0. The zero-order chi connectivity index (χ0) is 10.3. The van der Waals surface area contributed by atoms with Gasteiger partial charge in [-0.05, 0) is 36.8 Å². The molecule has 0 amide bonds. The number of rotatable bonds is 3. The highest BCUT2D eigenvalue weighted by atomic mass is 16.1. The number of carbonyl (C=O) groups is 1. The molecule has 0 saturated heterocycles. The van der Waals surface area contributed by atoms with E-state index in [-0.39, 0.29) is 0 Å². The zero-order valence-electron chi connectivity index (χ0n) is 8.78. The van der Waals surface area contributed by atoms with Crippen LogP contribution in [0.25, 0.3) is 0 Å². The molecule has 2 nitrogen and oxygen atoms in total. The molecule has 1 fully saturated rings. The fourth-order valence-electron chi connectivity index (χ4n) is 2.46. The molecule has 0 N–H and O–H groups in total. The molecule has 0 unspecified atom stereocenters. The van der Waals surface area contributed by atoms with Crippen molar-refractivity contribution >= 4 is 12.0 Å². The average molecular weight is 201 g/mol. The lowest BCUT2D eigenvalue weighted by atomic mass is 10.1. The van der Waals surface area contributed by atoms with Gasteiger partial charge in [-0.2, -0.15) is 0 Å². The van der Waals surface area contributed by atoms with E-state index >= 15 is 0 Å². The number of nitrogens with zero attached hydrogens (tertiary/aromatic N) is 1. The minimum atomic E-state index is 0.866. The van der Waals surface area contributed by atoms with Crippen LogP contribution in [0.1, 0.15) is 28.8 Å². The van der Waals surface area contributed by atoms with Gasteiger partial charge in [0, 0.05) is 18.7 Å². The summed E-state index contributed by atoms with van der Waals surface area (Å²) in [5.74, 6) is 0.885. The monoisotopic (exact) mass is 201 g/mol. The Labute approximate surface area is 89.9 Å². The summed E-state index contributed by atoms with van der Waals surface area (Å²) in [6.45, 7) is 2.24. The van der Waals surface area contributed by atoms with Gasteiger partial charge < -0.3 is 4.90 Å². The summed E-state index contributed by atoms with van der Waals surface area (Å²) in [5.41, 5.74) is 3.42. The molecular formula is C13H15NO. The summed E-state index contributed by atoms with van der Waals surface area (Å²) in [6.07, 6.45) is 4.83. The molecule has 2 heteroatoms. The molecule has 3 rings (SSSR count). The first kappa shape index (κ1) is 8.96. The number of aldehydes is 1. The molecule has 78 valence electrons. The van der Waals surface area contributed by atoms with E-state index < -0.39 is 0 Å². The van der Waals surface area contributed by atoms with Crippen molar-refractivity contribution in [3.63, 3.8) is 0 Å². The molecular weight excluding hydrogens is 186 g/mol. The molecule has 0 atom stereocenters. The number of carbonyl (C=O) groups excluding carboxylic acids is 1. The minimum Gasteiger partial charge on any atom is -0.370 e. The number of benzene rings is 1. The summed E-state index contributed by atoms with van der Waals surface area (Å²) in [6, 6.07) is 6.06. The standard InChI is InChI=1S/C13H15NO/c15-9-12-3-1-2-11-6-7-14(13(11)12)8-10-4-5-10/h1-3,9-10H,4-8H2. The van der Waals surface area contributed by atoms with Crippen LogP contribution in [-0.2, 0) is 6.42 Å². The van der Waals surface area contributed by atoms with Crippen LogP contribution in [0.5, 0.6) is 0 Å². The highest BCUT2D eigenvalue weighted by molar-refractivity contribution is 5.87. The molecule has 0 aromatic heterocycles. The van der Waals surface area contributed by atoms with Crippen molar-refractivity contribution < 1.29 is 4.79 Å². The molecule has 1 heterocycles. The number of para-hydroxylation sites is 1. The SMILES string of the molecule is O=Cc1cccc2c1N(CC1CC1)CC2. The second kappa shape index (κ2) is 3.37. The zero-order valence-corrected chi connectivity index (χ0v) is 8.78. The van der Waals surface area contributed by atoms with Crippen LogP contribution in [0.3, 0.4) is 0 Å². The van der Waals surface area contributed by atoms with Crippen molar-refractivity contribution in [2.75, 3.05) is 18.0 Å². The van der Waals surface area contributed by atoms with Gasteiger partial charge in [-0.3, -0.25) is 4.79 Å². The van der Waals surface area contributed by atoms with Crippen LogP contribution in [-0.4, -0.2) is 19.4 Å². The molecule has 15 heavy (non-hydrogen) atoms. The summed E-state index contributed by atoms with van der Waals surface area (Å²) >= 11 is 0. The van der Waals surface area contributed by atoms with E-state index in [1.54, 1.807) is 0 Å². The summed E-state index contributed by atoms with van der Waals surface area (Å²) in [7, 11) is 0. The third-order valence-electron chi connectivity index (χ3n) is 3.42. The summed E-state index contributed by atoms with van der Waals surface area (Å²) < 4.78 is 0. The van der Waals surface area contributed by atoms with E-state index in [1.165, 1.54) is 24.1 Å². The molecule has 0 bridgehead atoms. The van der Waals surface area contributed by atoms with Gasteiger partial charge in [0.1, 0.15) is 0 Å². The molecule has 1 aliphatic heterocycles. The fourth-order valence-corrected chi connectivity index (χ4v) is 2.46. The van der Waals surface area contributed by atoms with Gasteiger partial charge in [-0.25, -0.2) is 0 Å². The number of anilines is 1. The second-order valence-corrected chi connectivity index (χ2v) is 4.61. The van der Waals surface area contributed by atoms with Crippen LogP contribution in [0, 0.1) is 5.92 Å². The smallest absolute Gasteiger partial charge is 0.152 e. The van der Waals surface area contributed by atoms with Crippen LogP contribution in [0.15, 0.2) is 18.2 Å². The van der Waals surface area contributed by atoms with E-state index in [0.29, 0.717) is 0 Å². The van der Waals surface area contributed by atoms with E-state index in [0.717, 1.165) is 37.3 Å². The Morgan fingerprint density at radius 1 is 1.40 bits per heavy atom. The van der Waals surface area contributed by atoms with Gasteiger partial charge in [-0.1, -0.05) is 12.1 Å². The maximum atomic E-state index is 11.0. The highest BCUT2D eigenvalue weighted by Gasteiger charge is 2.29. The van der Waals surface area contributed by atoms with Crippen molar-refractivity contribution in [1.82, 2.24) is 0 Å². The molecule has 1 aromatic rings. The van der Waals surface area contributed by atoms with Crippen LogP contribution >= 0.6 is 0 Å². The molecule has 1 aliphatic carbocycles. The van der Waals surface area contributed by atoms with Crippen molar-refractivity contribution in [3.05, 3.63) is 29.3 Å². The lowest BCUT2D eigenvalue weighted by Crippen LogP contribution is -2.23. The third-order valence-corrected chi connectivity index (χ3v) is 3.42. The molecule has 0 radical (unpaired) electrons. The summed E-state index contributed by atoms with van der Waals surface area (Å²) in [5, 5.41) is 0. The quantitative estimate of drug-likeness (QED) is 0.699. The second-order valence-electron chi connectivity index (χ2n) is 4.61. The third kappa shape index (κ3) is 1.54. The lowest BCUT2D eigenvalue weighted by molar-refractivity contribution is 0.112. The molecule has 2 aliphatic rings. The number of fused-ring (bicyclic) bond motifs is 1. The van der Waals surface area contributed by atoms with E-state index in [4.69, 9.17) is 0 Å². The Bertz CT molecular complexity index is 396. The first-order valence-corrected chi connectivity index (χ1v) is 5.70. The highest BCUT2D eigenvalue weighted by Crippen LogP contribution is 2.36. The Hall–Kier alpha value is -1.31. The number of hydrogen-bond acceptors (Lipinski definition) is 2. The Morgan fingerprint density at radius 2 is 2.27 bits per heavy atom. The predicted octanol–water partition coefficient (Wildman–Crippen LogP) is 2.27. The number of hydrogen-bond donors (Lipinski definition) is 0. The first-order valence-electron chi connectivity index (χ1n) is 5.70. The van der Waals surface area contributed by atoms with Gasteiger partial charge in [-0.15, -0.1) is 0 Å². The fraction of sp³-hybridized carbons (Fsp3) is 0.462. The summed E-state index contributed by atoms with van der Waals surface area (Å²) in [4.78, 5) is 13.4. The van der Waals surface area contributed by atoms with Gasteiger partial charge in [0.25, 0.3) is 0 Å². The van der Waals surface area contributed by atoms with Crippen molar-refractivity contribution in [1.29, 1.82) is 0 Å². The predicted molar refractivity (Wildman–Crippen MR) is 60.5 cm³/mol. The van der Waals surface area contributed by atoms with Crippen molar-refractivity contribution in [2.24, 2.45) is 5.92 Å². The minimum absolute atomic E-state index is 0.866. The van der Waals surface area contributed by atoms with E-state index in [1.807, 2.05) is 12.1 Å². The maximum Gasteiger partial charge on any atom is 0.152 e. The Kier molecular flexibility index (Phi) is 2.01. The topological polar surface area (TPSA) is 20.3 Å². The lowest BCUT2D eigenvalue weighted by Gasteiger charge is -2.20.